The molecule has 0 bridgehead atoms. The van der Waals surface area contributed by atoms with Crippen LogP contribution in [-0.4, -0.2) is 47.5 Å². The Hall–Kier alpha value is -2.49. The van der Waals surface area contributed by atoms with E-state index in [1.165, 1.54) is 4.31 Å². The summed E-state index contributed by atoms with van der Waals surface area (Å²) in [5, 5.41) is 3.25. The van der Waals surface area contributed by atoms with E-state index >= 15 is 0 Å². The summed E-state index contributed by atoms with van der Waals surface area (Å²) in [6.07, 6.45) is 3.91. The van der Waals surface area contributed by atoms with Crippen LogP contribution in [0.2, 0.25) is 0 Å². The molecule has 2 heterocycles. The Bertz CT molecular complexity index is 1200. The van der Waals surface area contributed by atoms with E-state index in [0.29, 0.717) is 30.2 Å². The van der Waals surface area contributed by atoms with Gasteiger partial charge in [0, 0.05) is 32.1 Å². The molecule has 0 aliphatic carbocycles. The minimum Gasteiger partial charge on any atom is -0.496 e. The fourth-order valence-electron chi connectivity index (χ4n) is 3.76. The zero-order valence-corrected chi connectivity index (χ0v) is 18.6. The van der Waals surface area contributed by atoms with Crippen molar-refractivity contribution in [3.05, 3.63) is 48.3 Å². The first-order valence-corrected chi connectivity index (χ1v) is 11.6. The number of nitrogens with one attached hydrogen (secondary N) is 1. The fraction of sp³-hybridized carbons (Fsp3) is 0.333. The normalized spacial score (nSPS) is 14.9. The summed E-state index contributed by atoms with van der Waals surface area (Å²) in [6.45, 7) is 1.13. The summed E-state index contributed by atoms with van der Waals surface area (Å²) < 4.78 is 34.8. The van der Waals surface area contributed by atoms with Gasteiger partial charge in [-0.3, -0.25) is 0 Å². The van der Waals surface area contributed by atoms with Crippen LogP contribution in [0.3, 0.4) is 0 Å². The molecule has 1 fully saturated rings. The molecule has 30 heavy (non-hydrogen) atoms. The number of nitrogens with zero attached hydrogens (tertiary/aromatic N) is 3. The molecule has 158 valence electrons. The largest absolute Gasteiger partial charge is 0.496 e. The van der Waals surface area contributed by atoms with Crippen LogP contribution in [0.15, 0.2) is 47.6 Å². The van der Waals surface area contributed by atoms with Gasteiger partial charge in [-0.15, -0.1) is 0 Å². The maximum Gasteiger partial charge on any atom is 0.243 e. The van der Waals surface area contributed by atoms with Crippen LogP contribution in [-0.2, 0) is 23.5 Å². The third-order valence-corrected chi connectivity index (χ3v) is 7.48. The van der Waals surface area contributed by atoms with Gasteiger partial charge in [-0.2, -0.15) is 4.31 Å². The number of methoxy groups -OCH3 is 1. The van der Waals surface area contributed by atoms with E-state index in [9.17, 15) is 8.42 Å². The molecule has 1 aliphatic rings. The van der Waals surface area contributed by atoms with Gasteiger partial charge in [0.25, 0.3) is 0 Å². The van der Waals surface area contributed by atoms with Crippen LogP contribution in [0.25, 0.3) is 11.0 Å². The molecule has 1 N–H and O–H groups in total. The molecular weight excluding hydrogens is 420 g/mol. The zero-order valence-electron chi connectivity index (χ0n) is 17.0. The average molecular weight is 445 g/mol. The third kappa shape index (κ3) is 3.92. The molecule has 3 aromatic rings. The molecule has 0 atom stereocenters. The van der Waals surface area contributed by atoms with E-state index in [1.54, 1.807) is 31.6 Å². The van der Waals surface area contributed by atoms with Crippen molar-refractivity contribution in [3.8, 4) is 5.75 Å². The summed E-state index contributed by atoms with van der Waals surface area (Å²) in [7, 11) is 0.00155. The van der Waals surface area contributed by atoms with Crippen LogP contribution in [0.5, 0.6) is 5.75 Å². The van der Waals surface area contributed by atoms with Crippen LogP contribution in [0, 0.1) is 0 Å². The van der Waals surface area contributed by atoms with Gasteiger partial charge in [-0.1, -0.05) is 18.3 Å². The van der Waals surface area contributed by atoms with Crippen molar-refractivity contribution in [1.82, 2.24) is 13.9 Å². The molecule has 1 aromatic heterocycles. The standard InChI is InChI=1S/C21H24N4O3S2/c1-24-14-22-21-17(6-5-7-18(21)24)23-20(29)13-15-12-16(8-9-19(15)28-2)30(26,27)25-10-3-4-11-25/h5-9,12,14H,3-4,10-11,13H2,1-2H3,(H,23,29). The Morgan fingerprint density at radius 3 is 2.73 bits per heavy atom. The third-order valence-electron chi connectivity index (χ3n) is 5.33. The lowest BCUT2D eigenvalue weighted by Crippen LogP contribution is -2.28. The fourth-order valence-corrected chi connectivity index (χ4v) is 5.59. The number of para-hydroxylation sites is 1. The molecule has 0 unspecified atom stereocenters. The summed E-state index contributed by atoms with van der Waals surface area (Å²) in [5.74, 6) is 0.607. The smallest absolute Gasteiger partial charge is 0.243 e. The molecule has 4 rings (SSSR count). The lowest BCUT2D eigenvalue weighted by atomic mass is 10.1. The number of thiocarbonyl (C=S) groups is 1. The highest BCUT2D eigenvalue weighted by Crippen LogP contribution is 2.28. The lowest BCUT2D eigenvalue weighted by Gasteiger charge is -2.17. The number of ether oxygens (including phenoxy) is 1. The molecule has 0 amide bonds. The number of hydrogen-bond acceptors (Lipinski definition) is 5. The first-order chi connectivity index (χ1) is 14.4. The molecule has 1 aliphatic heterocycles. The Morgan fingerprint density at radius 1 is 1.23 bits per heavy atom. The van der Waals surface area contributed by atoms with Gasteiger partial charge in [0.15, 0.2) is 0 Å². The summed E-state index contributed by atoms with van der Waals surface area (Å²) >= 11 is 5.58. The Labute approximate surface area is 181 Å². The lowest BCUT2D eigenvalue weighted by molar-refractivity contribution is 0.410. The summed E-state index contributed by atoms with van der Waals surface area (Å²) in [4.78, 5) is 5.26. The molecule has 7 nitrogen and oxygen atoms in total. The molecule has 0 radical (unpaired) electrons. The van der Waals surface area contributed by atoms with Crippen LogP contribution < -0.4 is 10.1 Å². The molecular formula is C21H24N4O3S2. The predicted octanol–water partition coefficient (Wildman–Crippen LogP) is 3.35. The SMILES string of the molecule is COc1ccc(S(=O)(=O)N2CCCC2)cc1CC(=S)Nc1cccc2c1ncn2C. The van der Waals surface area contributed by atoms with Gasteiger partial charge in [-0.05, 0) is 43.2 Å². The predicted molar refractivity (Wildman–Crippen MR) is 122 cm³/mol. The number of imidazole rings is 1. The second kappa shape index (κ2) is 8.33. The first-order valence-electron chi connectivity index (χ1n) is 9.77. The van der Waals surface area contributed by atoms with Crippen molar-refractivity contribution >= 4 is 44.0 Å². The van der Waals surface area contributed by atoms with Gasteiger partial charge in [0.1, 0.15) is 11.3 Å². The highest BCUT2D eigenvalue weighted by Gasteiger charge is 2.28. The van der Waals surface area contributed by atoms with E-state index in [1.807, 2.05) is 29.8 Å². The summed E-state index contributed by atoms with van der Waals surface area (Å²) in [5.41, 5.74) is 3.38. The maximum atomic E-state index is 12.9. The van der Waals surface area contributed by atoms with E-state index < -0.39 is 10.0 Å². The van der Waals surface area contributed by atoms with Crippen molar-refractivity contribution in [2.75, 3.05) is 25.5 Å². The second-order valence-electron chi connectivity index (χ2n) is 7.34. The van der Waals surface area contributed by atoms with Crippen molar-refractivity contribution in [1.29, 1.82) is 0 Å². The second-order valence-corrected chi connectivity index (χ2v) is 9.77. The summed E-state index contributed by atoms with van der Waals surface area (Å²) in [6, 6.07) is 10.8. The van der Waals surface area contributed by atoms with Crippen molar-refractivity contribution < 1.29 is 13.2 Å². The number of anilines is 1. The highest BCUT2D eigenvalue weighted by molar-refractivity contribution is 7.89. The van der Waals surface area contributed by atoms with E-state index in [-0.39, 0.29) is 4.90 Å². The molecule has 0 spiro atoms. The molecule has 2 aromatic carbocycles. The topological polar surface area (TPSA) is 76.5 Å². The van der Waals surface area contributed by atoms with Crippen LogP contribution in [0.4, 0.5) is 5.69 Å². The van der Waals surface area contributed by atoms with Gasteiger partial charge >= 0.3 is 0 Å². The average Bonchev–Trinajstić information content (AvgIpc) is 3.39. The van der Waals surface area contributed by atoms with Gasteiger partial charge in [0.2, 0.25) is 10.0 Å². The van der Waals surface area contributed by atoms with Crippen molar-refractivity contribution in [2.24, 2.45) is 7.05 Å². The Kier molecular flexibility index (Phi) is 5.77. The first kappa shape index (κ1) is 20.8. The van der Waals surface area contributed by atoms with Crippen molar-refractivity contribution in [2.45, 2.75) is 24.2 Å². The minimum atomic E-state index is -3.51. The monoisotopic (exact) mass is 444 g/mol. The van der Waals surface area contributed by atoms with Crippen molar-refractivity contribution in [3.63, 3.8) is 0 Å². The quantitative estimate of drug-likeness (QED) is 0.588. The van der Waals surface area contributed by atoms with Gasteiger partial charge in [-0.25, -0.2) is 13.4 Å². The van der Waals surface area contributed by atoms with Gasteiger partial charge in [0.05, 0.1) is 34.5 Å². The Balaban J connectivity index is 1.59. The number of aromatic nitrogens is 2. The highest BCUT2D eigenvalue weighted by atomic mass is 32.2. The number of hydrogen-bond donors (Lipinski definition) is 1. The van der Waals surface area contributed by atoms with E-state index in [0.717, 1.165) is 35.1 Å². The molecule has 1 saturated heterocycles. The molecule has 9 heteroatoms. The number of aryl methyl sites for hydroxylation is 1. The Morgan fingerprint density at radius 2 is 2.00 bits per heavy atom. The molecule has 0 saturated carbocycles. The number of sulfonamides is 1. The van der Waals surface area contributed by atoms with E-state index in [4.69, 9.17) is 17.0 Å². The van der Waals surface area contributed by atoms with E-state index in [2.05, 4.69) is 10.3 Å². The number of benzene rings is 2. The number of rotatable bonds is 6. The number of fused-ring (bicyclic) bond motifs is 1. The minimum absolute atomic E-state index is 0.273. The van der Waals surface area contributed by atoms with Gasteiger partial charge < -0.3 is 14.6 Å². The van der Waals surface area contributed by atoms with Crippen LogP contribution >= 0.6 is 12.2 Å². The zero-order chi connectivity index (χ0) is 21.3. The maximum absolute atomic E-state index is 12.9. The van der Waals surface area contributed by atoms with Crippen LogP contribution in [0.1, 0.15) is 18.4 Å².